The number of aromatic nitrogens is 3. The molecule has 0 saturated heterocycles. The van der Waals surface area contributed by atoms with Crippen LogP contribution in [0.15, 0.2) is 53.5 Å². The number of imidazole rings is 1. The highest BCUT2D eigenvalue weighted by atomic mass is 16.6. The second kappa shape index (κ2) is 8.94. The predicted molar refractivity (Wildman–Crippen MR) is 126 cm³/mol. The first-order valence-electron chi connectivity index (χ1n) is 11.0. The lowest BCUT2D eigenvalue weighted by Crippen LogP contribution is -2.28. The fourth-order valence-corrected chi connectivity index (χ4v) is 5.10. The second-order valence-electron chi connectivity index (χ2n) is 8.54. The monoisotopic (exact) mass is 435 g/mol. The van der Waals surface area contributed by atoms with E-state index in [2.05, 4.69) is 59.6 Å². The zero-order valence-electron chi connectivity index (χ0n) is 18.5. The topological polar surface area (TPSA) is 89.4 Å². The molecule has 1 aliphatic carbocycles. The molecule has 32 heavy (non-hydrogen) atoms. The Kier molecular flexibility index (Phi) is 6.08. The van der Waals surface area contributed by atoms with Crippen LogP contribution in [0.1, 0.15) is 49.3 Å². The van der Waals surface area contributed by atoms with Gasteiger partial charge in [-0.3, -0.25) is 9.13 Å². The van der Waals surface area contributed by atoms with Crippen LogP contribution in [0.3, 0.4) is 0 Å². The molecule has 2 heterocycles. The maximum absolute atomic E-state index is 13.5. The first kappa shape index (κ1) is 21.7. The molecule has 4 aromatic rings. The Balaban J connectivity index is 0.000000567. The highest BCUT2D eigenvalue weighted by molar-refractivity contribution is 5.87. The number of para-hydroxylation sites is 2. The Labute approximate surface area is 186 Å². The standard InChI is InChI=1S/C24H27N3O.CH2O3/c1-17-9-8-14-22-23(17)18(15-25(22)2)16-26-20-12-6-7-13-21(20)27(24(26)28)19-10-4-3-5-11-19;2-1(3)4/h6-9,12-15,19H,3-5,10-11,16H2,1-2H3;(H2,2,3,4). The molecule has 1 fully saturated rings. The van der Waals surface area contributed by atoms with Crippen LogP contribution in [0.2, 0.25) is 0 Å². The van der Waals surface area contributed by atoms with E-state index in [0.29, 0.717) is 12.6 Å². The number of carboxylic acid groups (broad SMARTS) is 2. The number of fused-ring (bicyclic) bond motifs is 2. The van der Waals surface area contributed by atoms with E-state index >= 15 is 0 Å². The second-order valence-corrected chi connectivity index (χ2v) is 8.54. The molecule has 7 nitrogen and oxygen atoms in total. The van der Waals surface area contributed by atoms with Crippen molar-refractivity contribution >= 4 is 28.1 Å². The van der Waals surface area contributed by atoms with Gasteiger partial charge in [0.05, 0.1) is 17.6 Å². The van der Waals surface area contributed by atoms with Gasteiger partial charge in [-0.2, -0.15) is 0 Å². The van der Waals surface area contributed by atoms with Crippen LogP contribution in [-0.4, -0.2) is 30.1 Å². The largest absolute Gasteiger partial charge is 0.503 e. The summed E-state index contributed by atoms with van der Waals surface area (Å²) in [5.41, 5.74) is 5.96. The summed E-state index contributed by atoms with van der Waals surface area (Å²) in [5, 5.41) is 15.2. The third-order valence-corrected chi connectivity index (χ3v) is 6.44. The Morgan fingerprint density at radius 2 is 1.59 bits per heavy atom. The highest BCUT2D eigenvalue weighted by Crippen LogP contribution is 2.31. The summed E-state index contributed by atoms with van der Waals surface area (Å²) in [6.07, 6.45) is 6.30. The van der Waals surface area contributed by atoms with Gasteiger partial charge in [-0.1, -0.05) is 43.5 Å². The van der Waals surface area contributed by atoms with Crippen molar-refractivity contribution in [3.05, 3.63) is 70.3 Å². The molecule has 0 radical (unpaired) electrons. The Hall–Kier alpha value is -3.48. The molecule has 0 amide bonds. The summed E-state index contributed by atoms with van der Waals surface area (Å²) in [7, 11) is 2.08. The van der Waals surface area contributed by atoms with Crippen LogP contribution in [-0.2, 0) is 13.6 Å². The normalized spacial score (nSPS) is 14.4. The minimum absolute atomic E-state index is 0.138. The van der Waals surface area contributed by atoms with Crippen LogP contribution in [0.5, 0.6) is 0 Å². The predicted octanol–water partition coefficient (Wildman–Crippen LogP) is 5.38. The molecule has 168 valence electrons. The van der Waals surface area contributed by atoms with Crippen molar-refractivity contribution in [3.8, 4) is 0 Å². The summed E-state index contributed by atoms with van der Waals surface area (Å²) >= 11 is 0. The molecule has 2 aromatic carbocycles. The third kappa shape index (κ3) is 4.02. The van der Waals surface area contributed by atoms with E-state index in [1.54, 1.807) is 0 Å². The number of rotatable bonds is 3. The average molecular weight is 436 g/mol. The molecule has 1 aliphatic rings. The van der Waals surface area contributed by atoms with Crippen LogP contribution < -0.4 is 5.69 Å². The van der Waals surface area contributed by atoms with Gasteiger partial charge >= 0.3 is 11.8 Å². The first-order valence-corrected chi connectivity index (χ1v) is 11.0. The van der Waals surface area contributed by atoms with Gasteiger partial charge in [0.1, 0.15) is 0 Å². The van der Waals surface area contributed by atoms with Gasteiger partial charge in [0.15, 0.2) is 0 Å². The fraction of sp³-hybridized carbons (Fsp3) is 0.360. The highest BCUT2D eigenvalue weighted by Gasteiger charge is 2.23. The van der Waals surface area contributed by atoms with Crippen molar-refractivity contribution < 1.29 is 15.0 Å². The molecule has 0 bridgehead atoms. The summed E-state index contributed by atoms with van der Waals surface area (Å²) in [5.74, 6) is 0. The van der Waals surface area contributed by atoms with E-state index in [1.807, 2.05) is 16.7 Å². The average Bonchev–Trinajstić information content (AvgIpc) is 3.24. The maximum atomic E-state index is 13.5. The van der Waals surface area contributed by atoms with Crippen molar-refractivity contribution in [1.82, 2.24) is 13.7 Å². The molecule has 5 rings (SSSR count). The molecular formula is C25H29N3O4. The summed E-state index contributed by atoms with van der Waals surface area (Å²) in [6, 6.07) is 15.0. The molecule has 2 N–H and O–H groups in total. The van der Waals surface area contributed by atoms with Crippen LogP contribution >= 0.6 is 0 Å². The summed E-state index contributed by atoms with van der Waals surface area (Å²) in [4.78, 5) is 22.1. The quantitative estimate of drug-likeness (QED) is 0.452. The lowest BCUT2D eigenvalue weighted by atomic mass is 9.95. The Bertz CT molecular complexity index is 1320. The molecule has 0 aliphatic heterocycles. The van der Waals surface area contributed by atoms with Crippen LogP contribution in [0, 0.1) is 6.92 Å². The van der Waals surface area contributed by atoms with Gasteiger partial charge in [0.2, 0.25) is 0 Å². The van der Waals surface area contributed by atoms with Crippen molar-refractivity contribution in [1.29, 1.82) is 0 Å². The zero-order valence-corrected chi connectivity index (χ0v) is 18.5. The van der Waals surface area contributed by atoms with E-state index in [1.165, 1.54) is 41.3 Å². The first-order chi connectivity index (χ1) is 15.4. The molecular weight excluding hydrogens is 406 g/mol. The van der Waals surface area contributed by atoms with Crippen molar-refractivity contribution in [2.75, 3.05) is 0 Å². The number of aryl methyl sites for hydroxylation is 2. The molecule has 0 unspecified atom stereocenters. The molecule has 0 spiro atoms. The number of carbonyl (C=O) groups is 1. The Morgan fingerprint density at radius 1 is 0.969 bits per heavy atom. The fourth-order valence-electron chi connectivity index (χ4n) is 5.10. The lowest BCUT2D eigenvalue weighted by molar-refractivity contribution is 0.137. The van der Waals surface area contributed by atoms with Gasteiger partial charge in [0, 0.05) is 30.2 Å². The van der Waals surface area contributed by atoms with Crippen LogP contribution in [0.4, 0.5) is 4.79 Å². The smallest absolute Gasteiger partial charge is 0.450 e. The van der Waals surface area contributed by atoms with E-state index in [4.69, 9.17) is 15.0 Å². The van der Waals surface area contributed by atoms with Gasteiger partial charge < -0.3 is 14.8 Å². The number of hydrogen-bond acceptors (Lipinski definition) is 2. The zero-order chi connectivity index (χ0) is 22.8. The summed E-state index contributed by atoms with van der Waals surface area (Å²) < 4.78 is 6.22. The SMILES string of the molecule is Cc1cccc2c1c(Cn1c(=O)n(C3CCCCC3)c3ccccc31)cn2C.O=C(O)O. The number of benzene rings is 2. The molecule has 1 saturated carbocycles. The summed E-state index contributed by atoms with van der Waals surface area (Å²) in [6.45, 7) is 2.77. The molecule has 2 aromatic heterocycles. The van der Waals surface area contributed by atoms with E-state index in [9.17, 15) is 4.79 Å². The molecule has 0 atom stereocenters. The van der Waals surface area contributed by atoms with Gasteiger partial charge in [-0.05, 0) is 49.1 Å². The Morgan fingerprint density at radius 3 is 2.28 bits per heavy atom. The van der Waals surface area contributed by atoms with Crippen molar-refractivity contribution in [2.24, 2.45) is 7.05 Å². The molecule has 7 heteroatoms. The van der Waals surface area contributed by atoms with Gasteiger partial charge in [0.25, 0.3) is 0 Å². The van der Waals surface area contributed by atoms with E-state index in [-0.39, 0.29) is 5.69 Å². The number of hydrogen-bond donors (Lipinski definition) is 2. The van der Waals surface area contributed by atoms with E-state index in [0.717, 1.165) is 23.9 Å². The van der Waals surface area contributed by atoms with Crippen LogP contribution in [0.25, 0.3) is 21.9 Å². The lowest BCUT2D eigenvalue weighted by Gasteiger charge is -2.22. The minimum atomic E-state index is -1.83. The van der Waals surface area contributed by atoms with Crippen molar-refractivity contribution in [2.45, 2.75) is 51.6 Å². The van der Waals surface area contributed by atoms with E-state index < -0.39 is 6.16 Å². The van der Waals surface area contributed by atoms with Gasteiger partial charge in [-0.25, -0.2) is 9.59 Å². The third-order valence-electron chi connectivity index (χ3n) is 6.44. The van der Waals surface area contributed by atoms with Gasteiger partial charge in [-0.15, -0.1) is 0 Å². The number of nitrogens with zero attached hydrogens (tertiary/aromatic N) is 3. The minimum Gasteiger partial charge on any atom is -0.450 e. The van der Waals surface area contributed by atoms with Crippen molar-refractivity contribution in [3.63, 3.8) is 0 Å². The maximum Gasteiger partial charge on any atom is 0.503 e.